The van der Waals surface area contributed by atoms with Crippen molar-refractivity contribution in [1.29, 1.82) is 0 Å². The minimum Gasteiger partial charge on any atom is -0.480 e. The summed E-state index contributed by atoms with van der Waals surface area (Å²) in [5, 5.41) is 15.4. The molecule has 1 heterocycles. The number of carbonyl (C=O) groups excluding carboxylic acids is 1. The number of carbonyl (C=O) groups is 2. The van der Waals surface area contributed by atoms with Gasteiger partial charge in [-0.1, -0.05) is 6.92 Å². The Morgan fingerprint density at radius 1 is 1.65 bits per heavy atom. The molecular formula is C10H16N4O3. The maximum absolute atomic E-state index is 11.7. The van der Waals surface area contributed by atoms with Crippen molar-refractivity contribution in [2.24, 2.45) is 7.05 Å². The summed E-state index contributed by atoms with van der Waals surface area (Å²) in [5.41, 5.74) is 0.532. The molecule has 17 heavy (non-hydrogen) atoms. The van der Waals surface area contributed by atoms with E-state index < -0.39 is 18.0 Å². The lowest BCUT2D eigenvalue weighted by Crippen LogP contribution is -2.44. The second-order valence-electron chi connectivity index (χ2n) is 3.71. The lowest BCUT2D eigenvalue weighted by Gasteiger charge is -2.23. The third kappa shape index (κ3) is 3.20. The highest BCUT2D eigenvalue weighted by atomic mass is 16.4. The topological polar surface area (TPSA) is 87.5 Å². The average molecular weight is 240 g/mol. The number of likely N-dealkylation sites (N-methyl/N-ethyl adjacent to an activating group) is 1. The van der Waals surface area contributed by atoms with E-state index >= 15 is 0 Å². The summed E-state index contributed by atoms with van der Waals surface area (Å²) < 4.78 is 1.55. The Morgan fingerprint density at radius 3 is 2.71 bits per heavy atom. The van der Waals surface area contributed by atoms with E-state index in [9.17, 15) is 9.59 Å². The number of urea groups is 1. The van der Waals surface area contributed by atoms with E-state index in [-0.39, 0.29) is 0 Å². The number of hydrogen-bond donors (Lipinski definition) is 2. The lowest BCUT2D eigenvalue weighted by molar-refractivity contribution is -0.141. The molecule has 7 nitrogen and oxygen atoms in total. The van der Waals surface area contributed by atoms with Crippen LogP contribution in [0.25, 0.3) is 0 Å². The van der Waals surface area contributed by atoms with Crippen LogP contribution in [0.1, 0.15) is 13.3 Å². The predicted molar refractivity (Wildman–Crippen MR) is 61.7 cm³/mol. The van der Waals surface area contributed by atoms with Gasteiger partial charge in [0.25, 0.3) is 0 Å². The van der Waals surface area contributed by atoms with Crippen LogP contribution in [0.2, 0.25) is 0 Å². The van der Waals surface area contributed by atoms with Gasteiger partial charge in [0.15, 0.2) is 0 Å². The molecule has 0 saturated carbocycles. The molecule has 0 aliphatic carbocycles. The van der Waals surface area contributed by atoms with E-state index in [0.29, 0.717) is 12.1 Å². The third-order valence-electron chi connectivity index (χ3n) is 2.42. The van der Waals surface area contributed by atoms with Crippen LogP contribution in [0.15, 0.2) is 12.4 Å². The third-order valence-corrected chi connectivity index (χ3v) is 2.42. The number of anilines is 1. The largest absolute Gasteiger partial charge is 0.480 e. The molecule has 0 fully saturated rings. The summed E-state index contributed by atoms with van der Waals surface area (Å²) in [7, 11) is 3.18. The van der Waals surface area contributed by atoms with Gasteiger partial charge >= 0.3 is 12.0 Å². The molecule has 0 spiro atoms. The molecule has 7 heteroatoms. The van der Waals surface area contributed by atoms with Crippen molar-refractivity contribution in [3.05, 3.63) is 12.4 Å². The molecule has 1 rings (SSSR count). The lowest BCUT2D eigenvalue weighted by atomic mass is 10.2. The van der Waals surface area contributed by atoms with Crippen LogP contribution in [0.3, 0.4) is 0 Å². The van der Waals surface area contributed by atoms with Gasteiger partial charge in [0.05, 0.1) is 11.9 Å². The van der Waals surface area contributed by atoms with Crippen LogP contribution in [-0.4, -0.2) is 44.9 Å². The molecule has 0 aliphatic rings. The first-order valence-electron chi connectivity index (χ1n) is 5.21. The number of carboxylic acids is 1. The predicted octanol–water partition coefficient (Wildman–Crippen LogP) is 0.747. The zero-order valence-corrected chi connectivity index (χ0v) is 10.0. The monoisotopic (exact) mass is 240 g/mol. The molecule has 1 aromatic heterocycles. The Morgan fingerprint density at radius 2 is 2.29 bits per heavy atom. The standard InChI is InChI=1S/C10H16N4O3/c1-4-8(9(15)16)14(3)10(17)12-7-5-11-13(2)6-7/h5-6,8H,4H2,1-3H3,(H,12,17)(H,15,16). The summed E-state index contributed by atoms with van der Waals surface area (Å²) in [5.74, 6) is -1.02. The summed E-state index contributed by atoms with van der Waals surface area (Å²) >= 11 is 0. The Hall–Kier alpha value is -2.05. The van der Waals surface area contributed by atoms with Crippen molar-refractivity contribution in [3.63, 3.8) is 0 Å². The fraction of sp³-hybridized carbons (Fsp3) is 0.500. The van der Waals surface area contributed by atoms with Crippen molar-refractivity contribution in [2.45, 2.75) is 19.4 Å². The van der Waals surface area contributed by atoms with E-state index in [1.165, 1.54) is 13.2 Å². The van der Waals surface area contributed by atoms with Crippen molar-refractivity contribution in [1.82, 2.24) is 14.7 Å². The van der Waals surface area contributed by atoms with E-state index in [4.69, 9.17) is 5.11 Å². The maximum Gasteiger partial charge on any atom is 0.326 e. The zero-order valence-electron chi connectivity index (χ0n) is 10.0. The van der Waals surface area contributed by atoms with Crippen molar-refractivity contribution >= 4 is 17.7 Å². The van der Waals surface area contributed by atoms with Crippen LogP contribution in [0, 0.1) is 0 Å². The van der Waals surface area contributed by atoms with Crippen molar-refractivity contribution in [2.75, 3.05) is 12.4 Å². The summed E-state index contributed by atoms with van der Waals surface area (Å²) in [6, 6.07) is -1.29. The first-order valence-corrected chi connectivity index (χ1v) is 5.21. The van der Waals surface area contributed by atoms with Gasteiger partial charge in [-0.05, 0) is 6.42 Å². The van der Waals surface area contributed by atoms with Crippen LogP contribution in [-0.2, 0) is 11.8 Å². The molecule has 0 bridgehead atoms. The smallest absolute Gasteiger partial charge is 0.326 e. The zero-order chi connectivity index (χ0) is 13.0. The van der Waals surface area contributed by atoms with Crippen LogP contribution >= 0.6 is 0 Å². The Labute approximate surface area is 99.0 Å². The number of carboxylic acid groups (broad SMARTS) is 1. The van der Waals surface area contributed by atoms with Crippen LogP contribution < -0.4 is 5.32 Å². The summed E-state index contributed by atoms with van der Waals surface area (Å²) in [6.07, 6.45) is 3.48. The van der Waals surface area contributed by atoms with Gasteiger partial charge in [-0.25, -0.2) is 9.59 Å². The quantitative estimate of drug-likeness (QED) is 0.812. The number of rotatable bonds is 4. The molecule has 1 atom stereocenters. The number of amides is 2. The number of aryl methyl sites for hydroxylation is 1. The van der Waals surface area contributed by atoms with E-state index in [1.54, 1.807) is 24.9 Å². The first kappa shape index (κ1) is 13.0. The second-order valence-corrected chi connectivity index (χ2v) is 3.71. The van der Waals surface area contributed by atoms with E-state index in [0.717, 1.165) is 4.90 Å². The van der Waals surface area contributed by atoms with Gasteiger partial charge in [0, 0.05) is 20.3 Å². The van der Waals surface area contributed by atoms with Gasteiger partial charge in [-0.3, -0.25) is 4.68 Å². The van der Waals surface area contributed by atoms with Gasteiger partial charge in [-0.15, -0.1) is 0 Å². The fourth-order valence-corrected chi connectivity index (χ4v) is 1.45. The SMILES string of the molecule is CCC(C(=O)O)N(C)C(=O)Nc1cnn(C)c1. The molecule has 2 N–H and O–H groups in total. The Bertz CT molecular complexity index is 415. The number of nitrogens with one attached hydrogen (secondary N) is 1. The molecule has 0 aromatic carbocycles. The fourth-order valence-electron chi connectivity index (χ4n) is 1.45. The maximum atomic E-state index is 11.7. The molecule has 2 amide bonds. The van der Waals surface area contributed by atoms with Crippen LogP contribution in [0.5, 0.6) is 0 Å². The summed E-state index contributed by atoms with van der Waals surface area (Å²) in [4.78, 5) is 23.8. The molecule has 94 valence electrons. The van der Waals surface area contributed by atoms with Crippen molar-refractivity contribution < 1.29 is 14.7 Å². The molecule has 1 unspecified atom stereocenters. The average Bonchev–Trinajstić information content (AvgIpc) is 2.64. The van der Waals surface area contributed by atoms with Gasteiger partial charge in [0.2, 0.25) is 0 Å². The number of nitrogens with zero attached hydrogens (tertiary/aromatic N) is 3. The number of aromatic nitrogens is 2. The Balaban J connectivity index is 2.66. The highest BCUT2D eigenvalue weighted by Crippen LogP contribution is 2.08. The van der Waals surface area contributed by atoms with Gasteiger partial charge in [0.1, 0.15) is 6.04 Å². The highest BCUT2D eigenvalue weighted by Gasteiger charge is 2.24. The van der Waals surface area contributed by atoms with Crippen molar-refractivity contribution in [3.8, 4) is 0 Å². The summed E-state index contributed by atoms with van der Waals surface area (Å²) in [6.45, 7) is 1.71. The van der Waals surface area contributed by atoms with Gasteiger partial charge in [-0.2, -0.15) is 5.10 Å². The number of hydrogen-bond acceptors (Lipinski definition) is 3. The highest BCUT2D eigenvalue weighted by molar-refractivity contribution is 5.91. The van der Waals surface area contributed by atoms with E-state index in [2.05, 4.69) is 10.4 Å². The molecule has 0 radical (unpaired) electrons. The second kappa shape index (κ2) is 5.33. The molecule has 1 aromatic rings. The first-order chi connectivity index (χ1) is 7.95. The molecule has 0 saturated heterocycles. The minimum absolute atomic E-state index is 0.353. The Kier molecular flexibility index (Phi) is 4.08. The molecular weight excluding hydrogens is 224 g/mol. The van der Waals surface area contributed by atoms with Gasteiger partial charge < -0.3 is 15.3 Å². The minimum atomic E-state index is -1.02. The molecule has 0 aliphatic heterocycles. The number of aliphatic carboxylic acids is 1. The van der Waals surface area contributed by atoms with E-state index in [1.807, 2.05) is 0 Å². The normalized spacial score (nSPS) is 11.9. The van der Waals surface area contributed by atoms with Crippen LogP contribution in [0.4, 0.5) is 10.5 Å².